The molecule has 0 saturated carbocycles. The van der Waals surface area contributed by atoms with Crippen molar-refractivity contribution in [2.24, 2.45) is 7.05 Å². The van der Waals surface area contributed by atoms with Crippen LogP contribution in [0.1, 0.15) is 29.2 Å². The summed E-state index contributed by atoms with van der Waals surface area (Å²) in [5.74, 6) is -0.392. The Hall–Kier alpha value is -3.61. The van der Waals surface area contributed by atoms with Gasteiger partial charge in [0.2, 0.25) is 5.91 Å². The fraction of sp³-hybridized carbons (Fsp3) is 0.190. The van der Waals surface area contributed by atoms with Crippen LogP contribution in [-0.2, 0) is 11.8 Å². The lowest BCUT2D eigenvalue weighted by Gasteiger charge is -2.25. The number of anilines is 1. The molecule has 1 aliphatic heterocycles. The van der Waals surface area contributed by atoms with Gasteiger partial charge in [0.05, 0.1) is 17.4 Å². The monoisotopic (exact) mass is 373 g/mol. The van der Waals surface area contributed by atoms with Crippen LogP contribution < -0.4 is 10.9 Å². The summed E-state index contributed by atoms with van der Waals surface area (Å²) >= 11 is 0. The third-order valence-corrected chi connectivity index (χ3v) is 5.60. The fourth-order valence-corrected chi connectivity index (χ4v) is 4.15. The highest BCUT2D eigenvalue weighted by Gasteiger charge is 2.32. The van der Waals surface area contributed by atoms with Gasteiger partial charge in [0.1, 0.15) is 0 Å². The summed E-state index contributed by atoms with van der Waals surface area (Å²) in [4.78, 5) is 25.8. The van der Waals surface area contributed by atoms with Crippen LogP contribution in [0.3, 0.4) is 0 Å². The van der Waals surface area contributed by atoms with Gasteiger partial charge >= 0.3 is 0 Å². The Kier molecular flexibility index (Phi) is 3.52. The van der Waals surface area contributed by atoms with Crippen molar-refractivity contribution in [2.75, 3.05) is 5.32 Å². The molecule has 4 aromatic rings. The van der Waals surface area contributed by atoms with Crippen molar-refractivity contribution in [1.82, 2.24) is 19.6 Å². The van der Waals surface area contributed by atoms with Gasteiger partial charge in [-0.1, -0.05) is 18.2 Å². The fourth-order valence-electron chi connectivity index (χ4n) is 4.15. The zero-order valence-corrected chi connectivity index (χ0v) is 15.6. The lowest BCUT2D eigenvalue weighted by atomic mass is 9.84. The molecule has 0 saturated heterocycles. The molecular formula is C21H19N5O2. The molecule has 1 aliphatic rings. The minimum atomic E-state index is -0.299. The predicted octanol–water partition coefficient (Wildman–Crippen LogP) is 2.83. The Morgan fingerprint density at radius 2 is 1.93 bits per heavy atom. The van der Waals surface area contributed by atoms with Crippen LogP contribution >= 0.6 is 0 Å². The molecule has 1 atom stereocenters. The van der Waals surface area contributed by atoms with Crippen molar-refractivity contribution in [1.29, 1.82) is 0 Å². The molecule has 5 rings (SSSR count). The number of hydrogen-bond donors (Lipinski definition) is 2. The molecule has 7 nitrogen and oxygen atoms in total. The van der Waals surface area contributed by atoms with Crippen LogP contribution in [0.25, 0.3) is 16.6 Å². The third kappa shape index (κ3) is 2.32. The summed E-state index contributed by atoms with van der Waals surface area (Å²) in [6, 6.07) is 13.4. The standard InChI is InChI=1S/C21H19N5O2/c1-12-20(21(28)26(25(12)2)14-6-4-3-5-7-14)16-9-19(27)23-18-10-17-13(8-15(16)18)11-22-24-17/h3-8,10-11,16H,9H2,1-2H3,(H,22,24)(H,23,27). The molecule has 0 aliphatic carbocycles. The topological polar surface area (TPSA) is 84.7 Å². The summed E-state index contributed by atoms with van der Waals surface area (Å²) in [6.07, 6.45) is 1.99. The number of aromatic nitrogens is 4. The number of hydrogen-bond acceptors (Lipinski definition) is 3. The summed E-state index contributed by atoms with van der Waals surface area (Å²) in [7, 11) is 1.87. The van der Waals surface area contributed by atoms with Gasteiger partial charge in [-0.3, -0.25) is 19.4 Å². The maximum Gasteiger partial charge on any atom is 0.275 e. The van der Waals surface area contributed by atoms with Crippen molar-refractivity contribution in [2.45, 2.75) is 19.3 Å². The van der Waals surface area contributed by atoms with Crippen LogP contribution in [0.15, 0.2) is 53.5 Å². The SMILES string of the molecule is Cc1c(C2CC(=O)Nc3cc4[nH]ncc4cc32)c(=O)n(-c2ccccc2)n1C. The van der Waals surface area contributed by atoms with E-state index in [2.05, 4.69) is 15.5 Å². The van der Waals surface area contributed by atoms with E-state index in [1.807, 2.05) is 61.1 Å². The van der Waals surface area contributed by atoms with Gasteiger partial charge in [-0.2, -0.15) is 5.10 Å². The highest BCUT2D eigenvalue weighted by Crippen LogP contribution is 2.39. The molecule has 7 heteroatoms. The van der Waals surface area contributed by atoms with Gasteiger partial charge in [-0.15, -0.1) is 0 Å². The molecule has 2 aromatic carbocycles. The average molecular weight is 373 g/mol. The Balaban J connectivity index is 1.75. The number of para-hydroxylation sites is 1. The van der Waals surface area contributed by atoms with Gasteiger partial charge in [0.15, 0.2) is 0 Å². The Labute approximate surface area is 160 Å². The van der Waals surface area contributed by atoms with Gasteiger partial charge in [0, 0.05) is 41.7 Å². The van der Waals surface area contributed by atoms with E-state index >= 15 is 0 Å². The molecule has 2 aromatic heterocycles. The quantitative estimate of drug-likeness (QED) is 0.567. The number of amides is 1. The number of carbonyl (C=O) groups excluding carboxylic acids is 1. The summed E-state index contributed by atoms with van der Waals surface area (Å²) < 4.78 is 3.52. The molecule has 1 unspecified atom stereocenters. The minimum absolute atomic E-state index is 0.0923. The zero-order valence-electron chi connectivity index (χ0n) is 15.6. The number of fused-ring (bicyclic) bond motifs is 2. The number of nitrogens with one attached hydrogen (secondary N) is 2. The largest absolute Gasteiger partial charge is 0.326 e. The van der Waals surface area contributed by atoms with Crippen molar-refractivity contribution < 1.29 is 4.79 Å². The number of benzene rings is 2. The first-order valence-electron chi connectivity index (χ1n) is 9.15. The van der Waals surface area contributed by atoms with Crippen LogP contribution in [0.2, 0.25) is 0 Å². The second-order valence-electron chi connectivity index (χ2n) is 7.18. The molecular weight excluding hydrogens is 354 g/mol. The number of nitrogens with zero attached hydrogens (tertiary/aromatic N) is 3. The molecule has 28 heavy (non-hydrogen) atoms. The Bertz CT molecular complexity index is 1280. The van der Waals surface area contributed by atoms with Crippen LogP contribution in [0, 0.1) is 6.92 Å². The highest BCUT2D eigenvalue weighted by molar-refractivity contribution is 5.98. The van der Waals surface area contributed by atoms with Gasteiger partial charge in [-0.05, 0) is 36.8 Å². The maximum absolute atomic E-state index is 13.4. The Morgan fingerprint density at radius 1 is 1.14 bits per heavy atom. The number of H-pyrrole nitrogens is 1. The molecule has 140 valence electrons. The molecule has 1 amide bonds. The van der Waals surface area contributed by atoms with Crippen LogP contribution in [0.5, 0.6) is 0 Å². The molecule has 0 fully saturated rings. The van der Waals surface area contributed by atoms with E-state index in [0.29, 0.717) is 5.56 Å². The van der Waals surface area contributed by atoms with Crippen molar-refractivity contribution in [3.8, 4) is 5.69 Å². The van der Waals surface area contributed by atoms with E-state index in [0.717, 1.165) is 33.5 Å². The van der Waals surface area contributed by atoms with Gasteiger partial charge < -0.3 is 5.32 Å². The van der Waals surface area contributed by atoms with E-state index in [9.17, 15) is 9.59 Å². The third-order valence-electron chi connectivity index (χ3n) is 5.60. The van der Waals surface area contributed by atoms with Crippen molar-refractivity contribution in [3.63, 3.8) is 0 Å². The zero-order chi connectivity index (χ0) is 19.4. The lowest BCUT2D eigenvalue weighted by Crippen LogP contribution is -2.28. The highest BCUT2D eigenvalue weighted by atomic mass is 16.2. The molecule has 3 heterocycles. The first kappa shape index (κ1) is 16.6. The number of carbonyl (C=O) groups is 1. The summed E-state index contributed by atoms with van der Waals surface area (Å²) in [5, 5.41) is 10.9. The van der Waals surface area contributed by atoms with Gasteiger partial charge in [-0.25, -0.2) is 4.68 Å². The second-order valence-corrected chi connectivity index (χ2v) is 7.18. The summed E-state index contributed by atoms with van der Waals surface area (Å²) in [5.41, 5.74) is 4.74. The van der Waals surface area contributed by atoms with E-state index in [1.165, 1.54) is 0 Å². The molecule has 0 radical (unpaired) electrons. The van der Waals surface area contributed by atoms with E-state index in [1.54, 1.807) is 10.9 Å². The molecule has 0 bridgehead atoms. The van der Waals surface area contributed by atoms with Crippen molar-refractivity contribution >= 4 is 22.5 Å². The minimum Gasteiger partial charge on any atom is -0.326 e. The predicted molar refractivity (Wildman–Crippen MR) is 107 cm³/mol. The van der Waals surface area contributed by atoms with Crippen LogP contribution in [-0.4, -0.2) is 25.5 Å². The first-order chi connectivity index (χ1) is 13.5. The molecule has 0 spiro atoms. The smallest absolute Gasteiger partial charge is 0.275 e. The normalized spacial score (nSPS) is 16.2. The number of aromatic amines is 1. The van der Waals surface area contributed by atoms with Gasteiger partial charge in [0.25, 0.3) is 5.56 Å². The van der Waals surface area contributed by atoms with E-state index < -0.39 is 0 Å². The van der Waals surface area contributed by atoms with Crippen molar-refractivity contribution in [3.05, 3.63) is 75.8 Å². The maximum atomic E-state index is 13.4. The van der Waals surface area contributed by atoms with E-state index in [4.69, 9.17) is 0 Å². The first-order valence-corrected chi connectivity index (χ1v) is 9.15. The Morgan fingerprint density at radius 3 is 2.71 bits per heavy atom. The average Bonchev–Trinajstić information content (AvgIpc) is 3.22. The van der Waals surface area contributed by atoms with E-state index in [-0.39, 0.29) is 23.8 Å². The number of rotatable bonds is 2. The summed E-state index contributed by atoms with van der Waals surface area (Å²) in [6.45, 7) is 1.93. The second kappa shape index (κ2) is 5.95. The van der Waals surface area contributed by atoms with Crippen LogP contribution in [0.4, 0.5) is 5.69 Å². The lowest BCUT2D eigenvalue weighted by molar-refractivity contribution is -0.116. The molecule has 2 N–H and O–H groups in total.